The Morgan fingerprint density at radius 3 is 2.17 bits per heavy atom. The standard InChI is InChI=1S/C16H14F2/c1-12(14-7-3-5-9-16(14)18)10-11-13-6-2-4-8-15(13)17/h2-12H,1H3/b11-10+. The number of hydrogen-bond donors (Lipinski definition) is 0. The van der Waals surface area contributed by atoms with Crippen molar-refractivity contribution in [2.24, 2.45) is 0 Å². The molecule has 0 aliphatic rings. The van der Waals surface area contributed by atoms with Crippen molar-refractivity contribution in [2.45, 2.75) is 12.8 Å². The fourth-order valence-electron chi connectivity index (χ4n) is 1.81. The summed E-state index contributed by atoms with van der Waals surface area (Å²) in [5, 5.41) is 0. The van der Waals surface area contributed by atoms with E-state index in [-0.39, 0.29) is 17.6 Å². The van der Waals surface area contributed by atoms with Crippen molar-refractivity contribution in [3.05, 3.63) is 77.4 Å². The summed E-state index contributed by atoms with van der Waals surface area (Å²) in [6.07, 6.45) is 3.49. The molecule has 0 N–H and O–H groups in total. The van der Waals surface area contributed by atoms with Gasteiger partial charge in [-0.15, -0.1) is 0 Å². The summed E-state index contributed by atoms with van der Waals surface area (Å²) in [6, 6.07) is 13.2. The SMILES string of the molecule is CC(/C=C/c1ccccc1F)c1ccccc1F. The molecule has 1 unspecified atom stereocenters. The Kier molecular flexibility index (Phi) is 3.88. The van der Waals surface area contributed by atoms with Crippen LogP contribution in [0, 0.1) is 11.6 Å². The predicted octanol–water partition coefficient (Wildman–Crippen LogP) is 4.78. The van der Waals surface area contributed by atoms with E-state index in [9.17, 15) is 8.78 Å². The molecule has 2 heteroatoms. The van der Waals surface area contributed by atoms with Gasteiger partial charge in [-0.2, -0.15) is 0 Å². The van der Waals surface area contributed by atoms with Crippen LogP contribution in [0.4, 0.5) is 8.78 Å². The Balaban J connectivity index is 2.20. The molecule has 0 aliphatic heterocycles. The average molecular weight is 244 g/mol. The van der Waals surface area contributed by atoms with Gasteiger partial charge in [0, 0.05) is 11.5 Å². The van der Waals surface area contributed by atoms with Crippen molar-refractivity contribution >= 4 is 6.08 Å². The highest BCUT2D eigenvalue weighted by Crippen LogP contribution is 2.21. The van der Waals surface area contributed by atoms with Crippen molar-refractivity contribution < 1.29 is 8.78 Å². The Morgan fingerprint density at radius 1 is 0.889 bits per heavy atom. The first-order valence-electron chi connectivity index (χ1n) is 5.85. The van der Waals surface area contributed by atoms with Crippen molar-refractivity contribution in [2.75, 3.05) is 0 Å². The lowest BCUT2D eigenvalue weighted by molar-refractivity contribution is 0.605. The van der Waals surface area contributed by atoms with E-state index in [1.165, 1.54) is 12.1 Å². The summed E-state index contributed by atoms with van der Waals surface area (Å²) in [6.45, 7) is 1.88. The van der Waals surface area contributed by atoms with Gasteiger partial charge in [-0.1, -0.05) is 55.5 Å². The highest BCUT2D eigenvalue weighted by molar-refractivity contribution is 5.51. The molecule has 2 rings (SSSR count). The lowest BCUT2D eigenvalue weighted by Gasteiger charge is -2.07. The zero-order valence-electron chi connectivity index (χ0n) is 10.1. The molecule has 0 amide bonds. The first kappa shape index (κ1) is 12.5. The quantitative estimate of drug-likeness (QED) is 0.728. The normalized spacial score (nSPS) is 12.8. The van der Waals surface area contributed by atoms with Crippen LogP contribution in [0.1, 0.15) is 24.0 Å². The molecule has 0 radical (unpaired) electrons. The molecule has 0 aliphatic carbocycles. The van der Waals surface area contributed by atoms with E-state index in [0.717, 1.165) is 0 Å². The van der Waals surface area contributed by atoms with Crippen LogP contribution in [0.25, 0.3) is 6.08 Å². The van der Waals surface area contributed by atoms with Gasteiger partial charge in [0.25, 0.3) is 0 Å². The summed E-state index contributed by atoms with van der Waals surface area (Å²) in [4.78, 5) is 0. The fourth-order valence-corrected chi connectivity index (χ4v) is 1.81. The van der Waals surface area contributed by atoms with Gasteiger partial charge in [-0.05, 0) is 17.7 Å². The Hall–Kier alpha value is -1.96. The summed E-state index contributed by atoms with van der Waals surface area (Å²) >= 11 is 0. The minimum absolute atomic E-state index is 0.0918. The summed E-state index contributed by atoms with van der Waals surface area (Å²) in [5.74, 6) is -0.594. The topological polar surface area (TPSA) is 0 Å². The highest BCUT2D eigenvalue weighted by Gasteiger charge is 2.06. The molecule has 18 heavy (non-hydrogen) atoms. The van der Waals surface area contributed by atoms with Crippen LogP contribution in [-0.4, -0.2) is 0 Å². The Labute approximate surface area is 106 Å². The zero-order valence-corrected chi connectivity index (χ0v) is 10.1. The third-order valence-electron chi connectivity index (χ3n) is 2.87. The van der Waals surface area contributed by atoms with Crippen LogP contribution in [0.2, 0.25) is 0 Å². The van der Waals surface area contributed by atoms with Crippen LogP contribution in [0.5, 0.6) is 0 Å². The Bertz CT molecular complexity index is 559. The van der Waals surface area contributed by atoms with Gasteiger partial charge in [0.05, 0.1) is 0 Å². The minimum Gasteiger partial charge on any atom is -0.207 e. The number of allylic oxidation sites excluding steroid dienone is 1. The summed E-state index contributed by atoms with van der Waals surface area (Å²) < 4.78 is 26.9. The van der Waals surface area contributed by atoms with Gasteiger partial charge in [-0.25, -0.2) is 8.78 Å². The molecule has 1 atom stereocenters. The fraction of sp³-hybridized carbons (Fsp3) is 0.125. The lowest BCUT2D eigenvalue weighted by atomic mass is 9.99. The van der Waals surface area contributed by atoms with Crippen molar-refractivity contribution in [3.63, 3.8) is 0 Å². The van der Waals surface area contributed by atoms with Crippen LogP contribution < -0.4 is 0 Å². The maximum absolute atomic E-state index is 13.5. The molecule has 2 aromatic rings. The van der Waals surface area contributed by atoms with E-state index in [1.54, 1.807) is 48.6 Å². The molecular formula is C16H14F2. The third kappa shape index (κ3) is 2.83. The molecule has 0 heterocycles. The highest BCUT2D eigenvalue weighted by atomic mass is 19.1. The van der Waals surface area contributed by atoms with E-state index in [2.05, 4.69) is 0 Å². The van der Waals surface area contributed by atoms with Crippen molar-refractivity contribution in [3.8, 4) is 0 Å². The first-order valence-corrected chi connectivity index (χ1v) is 5.85. The Morgan fingerprint density at radius 2 is 1.50 bits per heavy atom. The number of rotatable bonds is 3. The van der Waals surface area contributed by atoms with Crippen molar-refractivity contribution in [1.29, 1.82) is 0 Å². The van der Waals surface area contributed by atoms with Crippen LogP contribution in [0.3, 0.4) is 0 Å². The molecule has 0 saturated heterocycles. The largest absolute Gasteiger partial charge is 0.207 e. The third-order valence-corrected chi connectivity index (χ3v) is 2.87. The first-order chi connectivity index (χ1) is 8.68. The number of halogens is 2. The van der Waals surface area contributed by atoms with Gasteiger partial charge in [0.2, 0.25) is 0 Å². The van der Waals surface area contributed by atoms with E-state index in [1.807, 2.05) is 6.92 Å². The molecule has 0 aromatic heterocycles. The molecule has 92 valence electrons. The molecule has 2 aromatic carbocycles. The van der Waals surface area contributed by atoms with Gasteiger partial charge < -0.3 is 0 Å². The van der Waals surface area contributed by atoms with Gasteiger partial charge in [0.15, 0.2) is 0 Å². The predicted molar refractivity (Wildman–Crippen MR) is 70.2 cm³/mol. The van der Waals surface area contributed by atoms with Gasteiger partial charge in [-0.3, -0.25) is 0 Å². The van der Waals surface area contributed by atoms with E-state index < -0.39 is 0 Å². The number of benzene rings is 2. The van der Waals surface area contributed by atoms with Crippen LogP contribution in [0.15, 0.2) is 54.6 Å². The molecule has 0 saturated carbocycles. The van der Waals surface area contributed by atoms with E-state index in [4.69, 9.17) is 0 Å². The molecule has 0 nitrogen and oxygen atoms in total. The van der Waals surface area contributed by atoms with E-state index in [0.29, 0.717) is 11.1 Å². The minimum atomic E-state index is -0.269. The van der Waals surface area contributed by atoms with Crippen LogP contribution >= 0.6 is 0 Å². The lowest BCUT2D eigenvalue weighted by Crippen LogP contribution is -1.93. The molecule has 0 bridgehead atoms. The maximum atomic E-state index is 13.5. The van der Waals surface area contributed by atoms with Crippen LogP contribution in [-0.2, 0) is 0 Å². The smallest absolute Gasteiger partial charge is 0.130 e. The zero-order chi connectivity index (χ0) is 13.0. The second-order valence-corrected chi connectivity index (χ2v) is 4.19. The van der Waals surface area contributed by atoms with Gasteiger partial charge >= 0.3 is 0 Å². The second-order valence-electron chi connectivity index (χ2n) is 4.19. The molecule has 0 fully saturated rings. The summed E-state index contributed by atoms with van der Waals surface area (Å²) in [5.41, 5.74) is 1.13. The van der Waals surface area contributed by atoms with E-state index >= 15 is 0 Å². The summed E-state index contributed by atoms with van der Waals surface area (Å²) in [7, 11) is 0. The monoisotopic (exact) mass is 244 g/mol. The maximum Gasteiger partial charge on any atom is 0.130 e. The van der Waals surface area contributed by atoms with Gasteiger partial charge in [0.1, 0.15) is 11.6 Å². The molecule has 0 spiro atoms. The second kappa shape index (κ2) is 5.58. The molecular weight excluding hydrogens is 230 g/mol. The van der Waals surface area contributed by atoms with Crippen molar-refractivity contribution in [1.82, 2.24) is 0 Å². The average Bonchev–Trinajstić information content (AvgIpc) is 2.38. The number of hydrogen-bond acceptors (Lipinski definition) is 0.